The largest absolute Gasteiger partial charge is 0.497 e. The second-order valence-corrected chi connectivity index (χ2v) is 6.82. The van der Waals surface area contributed by atoms with Crippen LogP contribution in [-0.4, -0.2) is 44.1 Å². The molecule has 0 unspecified atom stereocenters. The molecule has 0 aromatic heterocycles. The zero-order chi connectivity index (χ0) is 20.8. The first-order valence-corrected chi connectivity index (χ1v) is 9.54. The van der Waals surface area contributed by atoms with Crippen molar-refractivity contribution in [2.45, 2.75) is 25.8 Å². The van der Waals surface area contributed by atoms with E-state index in [4.69, 9.17) is 14.2 Å². The van der Waals surface area contributed by atoms with Gasteiger partial charge >= 0.3 is 0 Å². The van der Waals surface area contributed by atoms with Crippen LogP contribution in [0.15, 0.2) is 42.5 Å². The Kier molecular flexibility index (Phi) is 6.59. The van der Waals surface area contributed by atoms with Crippen LogP contribution < -0.4 is 19.5 Å². The van der Waals surface area contributed by atoms with Crippen LogP contribution >= 0.6 is 0 Å². The van der Waals surface area contributed by atoms with Gasteiger partial charge in [0.25, 0.3) is 5.91 Å². The van der Waals surface area contributed by atoms with Crippen molar-refractivity contribution in [1.82, 2.24) is 4.90 Å². The summed E-state index contributed by atoms with van der Waals surface area (Å²) in [4.78, 5) is 26.1. The lowest BCUT2D eigenvalue weighted by atomic mass is 10.0. The number of benzene rings is 2. The van der Waals surface area contributed by atoms with Gasteiger partial charge < -0.3 is 24.4 Å². The molecule has 0 aliphatic carbocycles. The lowest BCUT2D eigenvalue weighted by Gasteiger charge is -2.27. The van der Waals surface area contributed by atoms with Crippen molar-refractivity contribution in [3.05, 3.63) is 48.0 Å². The number of hydrogen-bond donors (Lipinski definition) is 1. The van der Waals surface area contributed by atoms with Gasteiger partial charge in [0.05, 0.1) is 25.9 Å². The molecule has 1 heterocycles. The molecule has 0 saturated carbocycles. The smallest absolute Gasteiger partial charge is 0.261 e. The molecule has 7 nitrogen and oxygen atoms in total. The van der Waals surface area contributed by atoms with Crippen molar-refractivity contribution in [3.8, 4) is 17.2 Å². The highest BCUT2D eigenvalue weighted by atomic mass is 16.5. The van der Waals surface area contributed by atoms with E-state index in [1.807, 2.05) is 23.1 Å². The van der Waals surface area contributed by atoms with E-state index in [9.17, 15) is 9.59 Å². The second kappa shape index (κ2) is 9.32. The molecule has 1 atom stereocenters. The van der Waals surface area contributed by atoms with E-state index in [0.717, 1.165) is 29.9 Å². The van der Waals surface area contributed by atoms with Crippen LogP contribution in [0.4, 0.5) is 5.69 Å². The van der Waals surface area contributed by atoms with Crippen LogP contribution in [0.3, 0.4) is 0 Å². The average Bonchev–Trinajstić information content (AvgIpc) is 3.21. The molecule has 2 amide bonds. The third kappa shape index (κ3) is 4.80. The Labute approximate surface area is 170 Å². The number of para-hydroxylation sites is 2. The van der Waals surface area contributed by atoms with Gasteiger partial charge in [0.2, 0.25) is 5.91 Å². The maximum Gasteiger partial charge on any atom is 0.261 e. The molecule has 1 N–H and O–H groups in total. The number of rotatable bonds is 7. The van der Waals surface area contributed by atoms with Gasteiger partial charge in [0.1, 0.15) is 17.2 Å². The van der Waals surface area contributed by atoms with Gasteiger partial charge in [0.15, 0.2) is 6.61 Å². The van der Waals surface area contributed by atoms with Crippen LogP contribution in [0.2, 0.25) is 0 Å². The summed E-state index contributed by atoms with van der Waals surface area (Å²) in [6, 6.07) is 12.6. The number of ether oxygens (including phenoxy) is 3. The van der Waals surface area contributed by atoms with Crippen LogP contribution in [0.25, 0.3) is 0 Å². The molecule has 2 aromatic carbocycles. The van der Waals surface area contributed by atoms with Crippen LogP contribution in [0.5, 0.6) is 17.2 Å². The Balaban J connectivity index is 1.74. The normalized spacial score (nSPS) is 15.7. The molecule has 0 spiro atoms. The Hall–Kier alpha value is -3.22. The predicted octanol–water partition coefficient (Wildman–Crippen LogP) is 3.40. The molecule has 3 rings (SSSR count). The van der Waals surface area contributed by atoms with Gasteiger partial charge in [-0.2, -0.15) is 0 Å². The lowest BCUT2D eigenvalue weighted by Crippen LogP contribution is -2.34. The molecule has 7 heteroatoms. The topological polar surface area (TPSA) is 77.1 Å². The third-order valence-electron chi connectivity index (χ3n) is 4.92. The molecule has 1 aliphatic rings. The SMILES string of the molecule is COc1ccc(OC)c([C@@H]2CCCN2C(=O)COc2ccccc2NC(C)=O)c1. The Morgan fingerprint density at radius 3 is 2.62 bits per heavy atom. The van der Waals surface area contributed by atoms with E-state index >= 15 is 0 Å². The maximum atomic E-state index is 12.9. The molecular weight excluding hydrogens is 372 g/mol. The molecule has 0 bridgehead atoms. The van der Waals surface area contributed by atoms with E-state index in [1.165, 1.54) is 6.92 Å². The van der Waals surface area contributed by atoms with Crippen molar-refractivity contribution >= 4 is 17.5 Å². The number of nitrogens with zero attached hydrogens (tertiary/aromatic N) is 1. The van der Waals surface area contributed by atoms with Gasteiger partial charge in [-0.25, -0.2) is 0 Å². The van der Waals surface area contributed by atoms with E-state index < -0.39 is 0 Å². The quantitative estimate of drug-likeness (QED) is 0.773. The number of amides is 2. The van der Waals surface area contributed by atoms with Gasteiger partial charge in [0, 0.05) is 19.0 Å². The second-order valence-electron chi connectivity index (χ2n) is 6.82. The van der Waals surface area contributed by atoms with Gasteiger partial charge in [-0.15, -0.1) is 0 Å². The summed E-state index contributed by atoms with van der Waals surface area (Å²) in [6.07, 6.45) is 1.75. The minimum atomic E-state index is -0.197. The number of nitrogens with one attached hydrogen (secondary N) is 1. The van der Waals surface area contributed by atoms with Crippen molar-refractivity contribution < 1.29 is 23.8 Å². The monoisotopic (exact) mass is 398 g/mol. The fraction of sp³-hybridized carbons (Fsp3) is 0.364. The number of carbonyl (C=O) groups is 2. The van der Waals surface area contributed by atoms with Gasteiger partial charge in [-0.3, -0.25) is 9.59 Å². The number of methoxy groups -OCH3 is 2. The molecule has 1 aliphatic heterocycles. The molecular formula is C22H26N2O5. The zero-order valence-electron chi connectivity index (χ0n) is 16.9. The van der Waals surface area contributed by atoms with E-state index in [0.29, 0.717) is 18.0 Å². The first-order chi connectivity index (χ1) is 14.0. The highest BCUT2D eigenvalue weighted by Crippen LogP contribution is 2.39. The lowest BCUT2D eigenvalue weighted by molar-refractivity contribution is -0.134. The molecule has 2 aromatic rings. The van der Waals surface area contributed by atoms with Crippen molar-refractivity contribution in [1.29, 1.82) is 0 Å². The molecule has 0 radical (unpaired) electrons. The number of likely N-dealkylation sites (tertiary alicyclic amines) is 1. The highest BCUT2D eigenvalue weighted by molar-refractivity contribution is 5.90. The van der Waals surface area contributed by atoms with E-state index in [-0.39, 0.29) is 24.5 Å². The first kappa shape index (κ1) is 20.5. The summed E-state index contributed by atoms with van der Waals surface area (Å²) in [7, 11) is 3.23. The van der Waals surface area contributed by atoms with Crippen molar-refractivity contribution in [2.24, 2.45) is 0 Å². The fourth-order valence-corrected chi connectivity index (χ4v) is 3.60. The summed E-state index contributed by atoms with van der Waals surface area (Å²) in [5.74, 6) is 1.60. The molecule has 1 saturated heterocycles. The molecule has 154 valence electrons. The highest BCUT2D eigenvalue weighted by Gasteiger charge is 2.32. The Morgan fingerprint density at radius 1 is 1.10 bits per heavy atom. The minimum absolute atomic E-state index is 0.0956. The van der Waals surface area contributed by atoms with Crippen molar-refractivity contribution in [2.75, 3.05) is 32.7 Å². The standard InChI is InChI=1S/C22H26N2O5/c1-15(25)23-18-7-4-5-9-21(18)29-14-22(26)24-12-6-8-19(24)17-13-16(27-2)10-11-20(17)28-3/h4-5,7,9-11,13,19H,6,8,12,14H2,1-3H3,(H,23,25)/t19-/m0/s1. The summed E-state index contributed by atoms with van der Waals surface area (Å²) in [5.41, 5.74) is 1.47. The summed E-state index contributed by atoms with van der Waals surface area (Å²) in [5, 5.41) is 2.71. The first-order valence-electron chi connectivity index (χ1n) is 9.54. The summed E-state index contributed by atoms with van der Waals surface area (Å²) >= 11 is 0. The average molecular weight is 398 g/mol. The number of anilines is 1. The van der Waals surface area contributed by atoms with Gasteiger partial charge in [-0.05, 0) is 43.2 Å². The minimum Gasteiger partial charge on any atom is -0.497 e. The summed E-state index contributed by atoms with van der Waals surface area (Å²) in [6.45, 7) is 1.97. The van der Waals surface area contributed by atoms with E-state index in [2.05, 4.69) is 5.32 Å². The maximum absolute atomic E-state index is 12.9. The number of hydrogen-bond acceptors (Lipinski definition) is 5. The Morgan fingerprint density at radius 2 is 1.90 bits per heavy atom. The predicted molar refractivity (Wildman–Crippen MR) is 109 cm³/mol. The van der Waals surface area contributed by atoms with Crippen LogP contribution in [0.1, 0.15) is 31.4 Å². The molecule has 29 heavy (non-hydrogen) atoms. The van der Waals surface area contributed by atoms with Crippen LogP contribution in [-0.2, 0) is 9.59 Å². The Bertz CT molecular complexity index is 883. The van der Waals surface area contributed by atoms with Crippen molar-refractivity contribution in [3.63, 3.8) is 0 Å². The fourth-order valence-electron chi connectivity index (χ4n) is 3.60. The zero-order valence-corrected chi connectivity index (χ0v) is 16.9. The number of carbonyl (C=O) groups excluding carboxylic acids is 2. The third-order valence-corrected chi connectivity index (χ3v) is 4.92. The van der Waals surface area contributed by atoms with E-state index in [1.54, 1.807) is 38.5 Å². The van der Waals surface area contributed by atoms with Crippen LogP contribution in [0, 0.1) is 0 Å². The molecule has 1 fully saturated rings. The summed E-state index contributed by atoms with van der Waals surface area (Å²) < 4.78 is 16.6. The van der Waals surface area contributed by atoms with Gasteiger partial charge in [-0.1, -0.05) is 12.1 Å².